The van der Waals surface area contributed by atoms with Gasteiger partial charge < -0.3 is 15.0 Å². The van der Waals surface area contributed by atoms with Crippen LogP contribution in [0.25, 0.3) is 0 Å². The number of nitrogens with zero attached hydrogens (tertiary/aromatic N) is 1. The summed E-state index contributed by atoms with van der Waals surface area (Å²) in [6, 6.07) is 7.53. The van der Waals surface area contributed by atoms with E-state index >= 15 is 0 Å². The van der Waals surface area contributed by atoms with Crippen LogP contribution in [0.4, 0.5) is 0 Å². The first-order chi connectivity index (χ1) is 9.69. The number of carbonyl (C=O) groups is 1. The Morgan fingerprint density at radius 2 is 2.00 bits per heavy atom. The minimum Gasteiger partial charge on any atom is -0.484 e. The van der Waals surface area contributed by atoms with Gasteiger partial charge in [0.1, 0.15) is 5.75 Å². The van der Waals surface area contributed by atoms with Crippen LogP contribution < -0.4 is 10.1 Å². The molecule has 1 N–H and O–H groups in total. The van der Waals surface area contributed by atoms with E-state index < -0.39 is 0 Å². The fraction of sp³-hybridized carbons (Fsp3) is 0.533. The van der Waals surface area contributed by atoms with E-state index in [0.717, 1.165) is 42.7 Å². The summed E-state index contributed by atoms with van der Waals surface area (Å²) >= 11 is 3.37. The van der Waals surface area contributed by atoms with Gasteiger partial charge in [0.25, 0.3) is 5.91 Å². The van der Waals surface area contributed by atoms with Crippen molar-refractivity contribution in [1.82, 2.24) is 10.2 Å². The van der Waals surface area contributed by atoms with Crippen LogP contribution in [-0.2, 0) is 4.79 Å². The number of piperidine rings is 1. The number of rotatable bonds is 5. The highest BCUT2D eigenvalue weighted by Crippen LogP contribution is 2.18. The summed E-state index contributed by atoms with van der Waals surface area (Å²) in [4.78, 5) is 14.0. The van der Waals surface area contributed by atoms with Crippen molar-refractivity contribution in [2.75, 3.05) is 33.3 Å². The minimum atomic E-state index is 0.0795. The van der Waals surface area contributed by atoms with Gasteiger partial charge in [0, 0.05) is 17.6 Å². The van der Waals surface area contributed by atoms with Gasteiger partial charge >= 0.3 is 0 Å². The molecular formula is C15H21BrN2O2. The lowest BCUT2D eigenvalue weighted by atomic mass is 9.97. The van der Waals surface area contributed by atoms with Gasteiger partial charge in [-0.15, -0.1) is 0 Å². The Bertz CT molecular complexity index is 428. The van der Waals surface area contributed by atoms with Crippen molar-refractivity contribution in [3.63, 3.8) is 0 Å². The molecule has 0 atom stereocenters. The molecule has 1 aromatic carbocycles. The second-order valence-electron chi connectivity index (χ2n) is 5.12. The highest BCUT2D eigenvalue weighted by atomic mass is 79.9. The van der Waals surface area contributed by atoms with Crippen LogP contribution >= 0.6 is 15.9 Å². The van der Waals surface area contributed by atoms with E-state index in [1.54, 1.807) is 0 Å². The lowest BCUT2D eigenvalue weighted by Gasteiger charge is -2.31. The second-order valence-corrected chi connectivity index (χ2v) is 6.04. The van der Waals surface area contributed by atoms with Gasteiger partial charge in [-0.1, -0.05) is 15.9 Å². The van der Waals surface area contributed by atoms with E-state index in [0.29, 0.717) is 5.92 Å². The molecule has 0 aromatic heterocycles. The summed E-state index contributed by atoms with van der Waals surface area (Å²) in [6.07, 6.45) is 2.15. The molecule has 1 aliphatic rings. The van der Waals surface area contributed by atoms with Gasteiger partial charge in [0.15, 0.2) is 6.61 Å². The highest BCUT2D eigenvalue weighted by Gasteiger charge is 2.22. The highest BCUT2D eigenvalue weighted by molar-refractivity contribution is 9.10. The number of carbonyl (C=O) groups excluding carboxylic acids is 1. The maximum Gasteiger partial charge on any atom is 0.260 e. The molecule has 1 aromatic rings. The standard InChI is InChI=1S/C15H21BrN2O2/c1-17-10-12-6-8-18(9-7-12)15(19)11-20-14-4-2-13(16)3-5-14/h2-5,12,17H,6-11H2,1H3. The number of halogens is 1. The van der Waals surface area contributed by atoms with Crippen molar-refractivity contribution in [2.24, 2.45) is 5.92 Å². The van der Waals surface area contributed by atoms with Crippen LogP contribution in [-0.4, -0.2) is 44.1 Å². The molecule has 4 nitrogen and oxygen atoms in total. The third-order valence-corrected chi connectivity index (χ3v) is 4.16. The Labute approximate surface area is 128 Å². The molecule has 20 heavy (non-hydrogen) atoms. The zero-order valence-electron chi connectivity index (χ0n) is 11.8. The van der Waals surface area contributed by atoms with E-state index in [9.17, 15) is 4.79 Å². The average Bonchev–Trinajstić information content (AvgIpc) is 2.47. The lowest BCUT2D eigenvalue weighted by Crippen LogP contribution is -2.42. The molecule has 0 saturated carbocycles. The molecule has 110 valence electrons. The number of benzene rings is 1. The van der Waals surface area contributed by atoms with Crippen LogP contribution in [0.2, 0.25) is 0 Å². The zero-order valence-corrected chi connectivity index (χ0v) is 13.4. The van der Waals surface area contributed by atoms with E-state index in [1.807, 2.05) is 36.2 Å². The van der Waals surface area contributed by atoms with Crippen molar-refractivity contribution in [3.05, 3.63) is 28.7 Å². The molecule has 1 fully saturated rings. The number of hydrogen-bond acceptors (Lipinski definition) is 3. The van der Waals surface area contributed by atoms with Gasteiger partial charge in [-0.25, -0.2) is 0 Å². The number of nitrogens with one attached hydrogen (secondary N) is 1. The minimum absolute atomic E-state index is 0.0795. The lowest BCUT2D eigenvalue weighted by molar-refractivity contribution is -0.134. The summed E-state index contributed by atoms with van der Waals surface area (Å²) in [6.45, 7) is 2.85. The van der Waals surface area contributed by atoms with Crippen molar-refractivity contribution < 1.29 is 9.53 Å². The monoisotopic (exact) mass is 340 g/mol. The van der Waals surface area contributed by atoms with Crippen LogP contribution in [0, 0.1) is 5.92 Å². The Morgan fingerprint density at radius 1 is 1.35 bits per heavy atom. The van der Waals surface area contributed by atoms with Gasteiger partial charge in [-0.05, 0) is 56.6 Å². The summed E-state index contributed by atoms with van der Waals surface area (Å²) in [5.41, 5.74) is 0. The maximum absolute atomic E-state index is 12.1. The van der Waals surface area contributed by atoms with Crippen LogP contribution in [0.1, 0.15) is 12.8 Å². The SMILES string of the molecule is CNCC1CCN(C(=O)COc2ccc(Br)cc2)CC1. The average molecular weight is 341 g/mol. The number of hydrogen-bond donors (Lipinski definition) is 1. The van der Waals surface area contributed by atoms with Crippen molar-refractivity contribution in [1.29, 1.82) is 0 Å². The molecule has 2 rings (SSSR count). The van der Waals surface area contributed by atoms with Crippen LogP contribution in [0.5, 0.6) is 5.75 Å². The Kier molecular flexibility index (Phi) is 5.86. The fourth-order valence-corrected chi connectivity index (χ4v) is 2.71. The molecule has 5 heteroatoms. The molecule has 1 heterocycles. The van der Waals surface area contributed by atoms with Gasteiger partial charge in [0.2, 0.25) is 0 Å². The van der Waals surface area contributed by atoms with Gasteiger partial charge in [0.05, 0.1) is 0 Å². The Morgan fingerprint density at radius 3 is 2.60 bits per heavy atom. The number of ether oxygens (including phenoxy) is 1. The largest absolute Gasteiger partial charge is 0.484 e. The predicted octanol–water partition coefficient (Wildman–Crippen LogP) is 2.29. The Balaban J connectivity index is 1.74. The van der Waals surface area contributed by atoms with Crippen LogP contribution in [0.3, 0.4) is 0 Å². The topological polar surface area (TPSA) is 41.6 Å². The summed E-state index contributed by atoms with van der Waals surface area (Å²) in [7, 11) is 1.98. The molecule has 0 unspecified atom stereocenters. The van der Waals surface area contributed by atoms with Gasteiger partial charge in [-0.3, -0.25) is 4.79 Å². The predicted molar refractivity (Wildman–Crippen MR) is 82.9 cm³/mol. The smallest absolute Gasteiger partial charge is 0.260 e. The zero-order chi connectivity index (χ0) is 14.4. The molecule has 0 aliphatic carbocycles. The molecule has 1 aliphatic heterocycles. The third kappa shape index (κ3) is 4.49. The first-order valence-corrected chi connectivity index (χ1v) is 7.79. The first kappa shape index (κ1) is 15.3. The summed E-state index contributed by atoms with van der Waals surface area (Å²) < 4.78 is 6.53. The van der Waals surface area contributed by atoms with Crippen LogP contribution in [0.15, 0.2) is 28.7 Å². The van der Waals surface area contributed by atoms with Crippen molar-refractivity contribution in [2.45, 2.75) is 12.8 Å². The quantitative estimate of drug-likeness (QED) is 0.894. The molecule has 1 saturated heterocycles. The van der Waals surface area contributed by atoms with E-state index in [4.69, 9.17) is 4.74 Å². The number of amides is 1. The molecule has 0 spiro atoms. The van der Waals surface area contributed by atoms with E-state index in [2.05, 4.69) is 21.2 Å². The third-order valence-electron chi connectivity index (χ3n) is 3.64. The molecular weight excluding hydrogens is 320 g/mol. The molecule has 0 radical (unpaired) electrons. The van der Waals surface area contributed by atoms with E-state index in [1.165, 1.54) is 0 Å². The molecule has 0 bridgehead atoms. The van der Waals surface area contributed by atoms with E-state index in [-0.39, 0.29) is 12.5 Å². The second kappa shape index (κ2) is 7.64. The number of likely N-dealkylation sites (tertiary alicyclic amines) is 1. The molecule has 1 amide bonds. The normalized spacial score (nSPS) is 16.2. The van der Waals surface area contributed by atoms with Gasteiger partial charge in [-0.2, -0.15) is 0 Å². The maximum atomic E-state index is 12.1. The fourth-order valence-electron chi connectivity index (χ4n) is 2.44. The Hall–Kier alpha value is -1.07. The summed E-state index contributed by atoms with van der Waals surface area (Å²) in [5.74, 6) is 1.50. The summed E-state index contributed by atoms with van der Waals surface area (Å²) in [5, 5.41) is 3.20. The first-order valence-electron chi connectivity index (χ1n) is 7.00. The van der Waals surface area contributed by atoms with Crippen molar-refractivity contribution in [3.8, 4) is 5.75 Å². The van der Waals surface area contributed by atoms with Crippen molar-refractivity contribution >= 4 is 21.8 Å².